The fraction of sp³-hybridized carbons (Fsp3) is 0.250. The van der Waals surface area contributed by atoms with Crippen LogP contribution in [0.2, 0.25) is 0 Å². The van der Waals surface area contributed by atoms with Crippen molar-refractivity contribution in [1.29, 1.82) is 0 Å². The summed E-state index contributed by atoms with van der Waals surface area (Å²) in [5.74, 6) is 0.757. The molecule has 0 saturated carbocycles. The summed E-state index contributed by atoms with van der Waals surface area (Å²) in [5, 5.41) is 0. The third-order valence-electron chi connectivity index (χ3n) is 3.04. The van der Waals surface area contributed by atoms with Crippen LogP contribution in [-0.4, -0.2) is 20.7 Å². The van der Waals surface area contributed by atoms with Gasteiger partial charge in [-0.3, -0.25) is 0 Å². The van der Waals surface area contributed by atoms with Crippen LogP contribution in [0.5, 0.6) is 0 Å². The van der Waals surface area contributed by atoms with Crippen LogP contribution in [-0.2, 0) is 15.8 Å². The van der Waals surface area contributed by atoms with Crippen molar-refractivity contribution in [2.45, 2.75) is 17.6 Å². The Morgan fingerprint density at radius 1 is 1.00 bits per heavy atom. The molecule has 0 saturated heterocycles. The van der Waals surface area contributed by atoms with E-state index in [-0.39, 0.29) is 5.75 Å². The normalized spacial score (nSPS) is 11.5. The summed E-state index contributed by atoms with van der Waals surface area (Å²) in [6.07, 6.45) is 0. The average molecular weight is 321 g/mol. The molecular weight excluding hydrogens is 302 g/mol. The van der Waals surface area contributed by atoms with Crippen molar-refractivity contribution in [3.63, 3.8) is 0 Å². The number of nitrogens with one attached hydrogen (secondary N) is 1. The van der Waals surface area contributed by atoms with Gasteiger partial charge in [0.2, 0.25) is 10.0 Å². The fourth-order valence-electron chi connectivity index (χ4n) is 1.91. The Bertz CT molecular complexity index is 670. The molecule has 0 fully saturated rings. The second kappa shape index (κ2) is 7.64. The molecule has 0 atom stereocenters. The van der Waals surface area contributed by atoms with Crippen molar-refractivity contribution in [2.24, 2.45) is 0 Å². The van der Waals surface area contributed by atoms with Crippen LogP contribution in [0.3, 0.4) is 0 Å². The molecule has 3 nitrogen and oxygen atoms in total. The molecule has 0 aliphatic rings. The highest BCUT2D eigenvalue weighted by Gasteiger charge is 2.12. The molecule has 0 aliphatic carbocycles. The standard InChI is InChI=1S/C16H19NO2S2/c1-14-7-5-6-8-15(14)13-21(18,19)17-11-12-20-16-9-3-2-4-10-16/h2-10,17H,11-13H2,1H3. The minimum absolute atomic E-state index is 0.0374. The molecule has 1 N–H and O–H groups in total. The van der Waals surface area contributed by atoms with E-state index in [1.54, 1.807) is 11.8 Å². The molecule has 5 heteroatoms. The Morgan fingerprint density at radius 2 is 1.67 bits per heavy atom. The lowest BCUT2D eigenvalue weighted by atomic mass is 10.1. The molecule has 0 radical (unpaired) electrons. The molecule has 21 heavy (non-hydrogen) atoms. The second-order valence-corrected chi connectivity index (χ2v) is 7.72. The van der Waals surface area contributed by atoms with Crippen LogP contribution in [0.15, 0.2) is 59.5 Å². The molecule has 0 amide bonds. The van der Waals surface area contributed by atoms with Crippen LogP contribution >= 0.6 is 11.8 Å². The van der Waals surface area contributed by atoms with E-state index in [2.05, 4.69) is 4.72 Å². The lowest BCUT2D eigenvalue weighted by Gasteiger charge is -2.08. The summed E-state index contributed by atoms with van der Waals surface area (Å²) in [6.45, 7) is 2.36. The molecular formula is C16H19NO2S2. The lowest BCUT2D eigenvalue weighted by molar-refractivity contribution is 0.583. The molecule has 0 spiro atoms. The molecule has 112 valence electrons. The van der Waals surface area contributed by atoms with Crippen LogP contribution < -0.4 is 4.72 Å². The van der Waals surface area contributed by atoms with E-state index in [1.807, 2.05) is 61.5 Å². The number of rotatable bonds is 7. The molecule has 2 aromatic rings. The zero-order valence-corrected chi connectivity index (χ0v) is 13.6. The molecule has 0 aliphatic heterocycles. The zero-order chi connectivity index (χ0) is 15.1. The number of sulfonamides is 1. The van der Waals surface area contributed by atoms with E-state index < -0.39 is 10.0 Å². The zero-order valence-electron chi connectivity index (χ0n) is 12.0. The Labute approximate surface area is 130 Å². The first-order valence-corrected chi connectivity index (χ1v) is 9.40. The fourth-order valence-corrected chi connectivity index (χ4v) is 4.08. The van der Waals surface area contributed by atoms with Gasteiger partial charge in [0.15, 0.2) is 0 Å². The van der Waals surface area contributed by atoms with Crippen LogP contribution in [0.25, 0.3) is 0 Å². The maximum Gasteiger partial charge on any atom is 0.215 e. The van der Waals surface area contributed by atoms with Crippen LogP contribution in [0.1, 0.15) is 11.1 Å². The SMILES string of the molecule is Cc1ccccc1CS(=O)(=O)NCCSc1ccccc1. The van der Waals surface area contributed by atoms with Crippen LogP contribution in [0, 0.1) is 6.92 Å². The lowest BCUT2D eigenvalue weighted by Crippen LogP contribution is -2.27. The van der Waals surface area contributed by atoms with Gasteiger partial charge in [0.1, 0.15) is 0 Å². The maximum absolute atomic E-state index is 12.0. The molecule has 0 aromatic heterocycles. The average Bonchev–Trinajstić information content (AvgIpc) is 2.47. The highest BCUT2D eigenvalue weighted by Crippen LogP contribution is 2.16. The quantitative estimate of drug-likeness (QED) is 0.629. The number of benzene rings is 2. The van der Waals surface area contributed by atoms with Gasteiger partial charge in [-0.2, -0.15) is 0 Å². The Morgan fingerprint density at radius 3 is 2.38 bits per heavy atom. The van der Waals surface area contributed by atoms with E-state index in [9.17, 15) is 8.42 Å². The molecule has 0 bridgehead atoms. The second-order valence-electron chi connectivity index (χ2n) is 4.74. The van der Waals surface area contributed by atoms with Gasteiger partial charge in [-0.15, -0.1) is 11.8 Å². The summed E-state index contributed by atoms with van der Waals surface area (Å²) in [4.78, 5) is 1.15. The first kappa shape index (κ1) is 16.1. The van der Waals surface area contributed by atoms with Gasteiger partial charge >= 0.3 is 0 Å². The third-order valence-corrected chi connectivity index (χ3v) is 5.39. The van der Waals surface area contributed by atoms with Gasteiger partial charge in [-0.05, 0) is 30.2 Å². The van der Waals surface area contributed by atoms with Crippen molar-refractivity contribution in [2.75, 3.05) is 12.3 Å². The first-order valence-electron chi connectivity index (χ1n) is 6.76. The van der Waals surface area contributed by atoms with E-state index in [0.717, 1.165) is 21.8 Å². The van der Waals surface area contributed by atoms with Crippen molar-refractivity contribution >= 4 is 21.8 Å². The van der Waals surface area contributed by atoms with Crippen molar-refractivity contribution in [1.82, 2.24) is 4.72 Å². The van der Waals surface area contributed by atoms with Gasteiger partial charge in [-0.1, -0.05) is 42.5 Å². The minimum Gasteiger partial charge on any atom is -0.214 e. The van der Waals surface area contributed by atoms with E-state index in [4.69, 9.17) is 0 Å². The van der Waals surface area contributed by atoms with Gasteiger partial charge in [0.25, 0.3) is 0 Å². The predicted molar refractivity (Wildman–Crippen MR) is 89.0 cm³/mol. The summed E-state index contributed by atoms with van der Waals surface area (Å²) in [5.41, 5.74) is 1.85. The summed E-state index contributed by atoms with van der Waals surface area (Å²) in [7, 11) is -3.27. The van der Waals surface area contributed by atoms with E-state index in [0.29, 0.717) is 6.54 Å². The number of aryl methyl sites for hydroxylation is 1. The molecule has 0 unspecified atom stereocenters. The summed E-state index contributed by atoms with van der Waals surface area (Å²) >= 11 is 1.64. The van der Waals surface area contributed by atoms with E-state index >= 15 is 0 Å². The van der Waals surface area contributed by atoms with Gasteiger partial charge < -0.3 is 0 Å². The molecule has 2 aromatic carbocycles. The molecule has 0 heterocycles. The monoisotopic (exact) mass is 321 g/mol. The smallest absolute Gasteiger partial charge is 0.214 e. The van der Waals surface area contributed by atoms with Crippen LogP contribution in [0.4, 0.5) is 0 Å². The largest absolute Gasteiger partial charge is 0.215 e. The number of hydrogen-bond acceptors (Lipinski definition) is 3. The maximum atomic E-state index is 12.0. The Balaban J connectivity index is 1.81. The summed E-state index contributed by atoms with van der Waals surface area (Å²) < 4.78 is 26.7. The van der Waals surface area contributed by atoms with Gasteiger partial charge in [-0.25, -0.2) is 13.1 Å². The topological polar surface area (TPSA) is 46.2 Å². The van der Waals surface area contributed by atoms with Crippen molar-refractivity contribution in [3.05, 3.63) is 65.7 Å². The first-order chi connectivity index (χ1) is 10.1. The summed E-state index contributed by atoms with van der Waals surface area (Å²) in [6, 6.07) is 17.5. The van der Waals surface area contributed by atoms with E-state index in [1.165, 1.54) is 0 Å². The minimum atomic E-state index is -3.27. The molecule has 2 rings (SSSR count). The highest BCUT2D eigenvalue weighted by atomic mass is 32.2. The van der Waals surface area contributed by atoms with Gasteiger partial charge in [0, 0.05) is 17.2 Å². The van der Waals surface area contributed by atoms with Crippen molar-refractivity contribution in [3.8, 4) is 0 Å². The third kappa shape index (κ3) is 5.53. The Kier molecular flexibility index (Phi) is 5.85. The Hall–Kier alpha value is -1.30. The number of hydrogen-bond donors (Lipinski definition) is 1. The van der Waals surface area contributed by atoms with Gasteiger partial charge in [0.05, 0.1) is 5.75 Å². The number of thioether (sulfide) groups is 1. The predicted octanol–water partition coefficient (Wildman–Crippen LogP) is 3.21. The van der Waals surface area contributed by atoms with Crippen molar-refractivity contribution < 1.29 is 8.42 Å². The highest BCUT2D eigenvalue weighted by molar-refractivity contribution is 7.99.